The van der Waals surface area contributed by atoms with E-state index in [4.69, 9.17) is 0 Å². The molecule has 3 rings (SSSR count). The zero-order valence-corrected chi connectivity index (χ0v) is 14.0. The lowest BCUT2D eigenvalue weighted by molar-refractivity contribution is -0.121. The molecule has 22 heavy (non-hydrogen) atoms. The number of carbonyl (C=O) groups excluding carboxylic acids is 1. The van der Waals surface area contributed by atoms with Crippen LogP contribution in [0.5, 0.6) is 0 Å². The lowest BCUT2D eigenvalue weighted by Crippen LogP contribution is -2.48. The van der Waals surface area contributed by atoms with Crippen molar-refractivity contribution in [3.05, 3.63) is 47.0 Å². The Morgan fingerprint density at radius 1 is 1.41 bits per heavy atom. The monoisotopic (exact) mass is 337 g/mol. The van der Waals surface area contributed by atoms with Gasteiger partial charge in [-0.1, -0.05) is 37.3 Å². The lowest BCUT2D eigenvalue weighted by Gasteiger charge is -2.31. The number of carbonyl (C=O) groups is 1. The van der Waals surface area contributed by atoms with E-state index in [1.165, 1.54) is 5.56 Å². The highest BCUT2D eigenvalue weighted by molar-refractivity contribution is 7.15. The van der Waals surface area contributed by atoms with Crippen molar-refractivity contribution in [1.29, 1.82) is 0 Å². The van der Waals surface area contributed by atoms with E-state index < -0.39 is 0 Å². The van der Waals surface area contributed by atoms with Gasteiger partial charge in [0.2, 0.25) is 5.91 Å². The molecule has 1 amide bonds. The SMILES string of the molecule is CC(C(=O)Nc1ncc(Cc2ccccc2)s1)C1CNC1.Cl. The van der Waals surface area contributed by atoms with Crippen molar-refractivity contribution >= 4 is 34.8 Å². The molecule has 1 aliphatic heterocycles. The van der Waals surface area contributed by atoms with Crippen LogP contribution in [0.1, 0.15) is 17.4 Å². The predicted octanol–water partition coefficient (Wildman–Crippen LogP) is 2.95. The third kappa shape index (κ3) is 4.06. The largest absolute Gasteiger partial charge is 0.316 e. The van der Waals surface area contributed by atoms with Crippen LogP contribution < -0.4 is 10.6 Å². The van der Waals surface area contributed by atoms with Crippen LogP contribution >= 0.6 is 23.7 Å². The Labute approximate surface area is 140 Å². The highest BCUT2D eigenvalue weighted by Gasteiger charge is 2.29. The number of hydrogen-bond donors (Lipinski definition) is 2. The maximum atomic E-state index is 12.1. The first-order valence-corrected chi connectivity index (χ1v) is 8.04. The van der Waals surface area contributed by atoms with E-state index >= 15 is 0 Å². The molecule has 0 radical (unpaired) electrons. The van der Waals surface area contributed by atoms with Crippen LogP contribution in [-0.4, -0.2) is 24.0 Å². The summed E-state index contributed by atoms with van der Waals surface area (Å²) in [5, 5.41) is 6.84. The standard InChI is InChI=1S/C16H19N3OS.ClH/c1-11(13-8-17-9-13)15(20)19-16-18-10-14(21-16)7-12-5-3-2-4-6-12;/h2-6,10-11,13,17H,7-9H2,1H3,(H,18,19,20);1H. The summed E-state index contributed by atoms with van der Waals surface area (Å²) in [6.45, 7) is 3.86. The molecule has 2 aromatic rings. The second kappa shape index (κ2) is 7.72. The molecule has 1 fully saturated rings. The van der Waals surface area contributed by atoms with Gasteiger partial charge in [-0.25, -0.2) is 4.98 Å². The smallest absolute Gasteiger partial charge is 0.229 e. The predicted molar refractivity (Wildman–Crippen MR) is 92.8 cm³/mol. The Kier molecular flexibility index (Phi) is 5.94. The number of thiazole rings is 1. The molecule has 4 nitrogen and oxygen atoms in total. The molecule has 1 aliphatic rings. The molecule has 0 aliphatic carbocycles. The Morgan fingerprint density at radius 2 is 2.14 bits per heavy atom. The first-order chi connectivity index (χ1) is 10.2. The van der Waals surface area contributed by atoms with Crippen molar-refractivity contribution in [2.75, 3.05) is 18.4 Å². The van der Waals surface area contributed by atoms with Gasteiger partial charge >= 0.3 is 0 Å². The zero-order valence-electron chi connectivity index (χ0n) is 12.4. The molecule has 0 bridgehead atoms. The number of nitrogens with one attached hydrogen (secondary N) is 2. The number of halogens is 1. The third-order valence-electron chi connectivity index (χ3n) is 3.94. The summed E-state index contributed by atoms with van der Waals surface area (Å²) in [6.07, 6.45) is 2.71. The Hall–Kier alpha value is -1.43. The van der Waals surface area contributed by atoms with Gasteiger partial charge in [-0.2, -0.15) is 0 Å². The van der Waals surface area contributed by atoms with Gasteiger partial charge in [-0.3, -0.25) is 4.79 Å². The molecule has 0 spiro atoms. The topological polar surface area (TPSA) is 54.0 Å². The summed E-state index contributed by atoms with van der Waals surface area (Å²) in [5.41, 5.74) is 1.26. The maximum absolute atomic E-state index is 12.1. The molecule has 2 N–H and O–H groups in total. The van der Waals surface area contributed by atoms with Gasteiger partial charge in [0, 0.05) is 23.4 Å². The van der Waals surface area contributed by atoms with Crippen LogP contribution in [0, 0.1) is 11.8 Å². The van der Waals surface area contributed by atoms with Crippen LogP contribution in [0.25, 0.3) is 0 Å². The van der Waals surface area contributed by atoms with Gasteiger partial charge in [-0.05, 0) is 24.6 Å². The third-order valence-corrected chi connectivity index (χ3v) is 4.85. The minimum atomic E-state index is 0. The number of nitrogens with zero attached hydrogens (tertiary/aromatic N) is 1. The van der Waals surface area contributed by atoms with Gasteiger partial charge in [0.05, 0.1) is 0 Å². The second-order valence-electron chi connectivity index (χ2n) is 5.49. The molecule has 1 aromatic heterocycles. The quantitative estimate of drug-likeness (QED) is 0.882. The van der Waals surface area contributed by atoms with E-state index in [-0.39, 0.29) is 24.2 Å². The van der Waals surface area contributed by atoms with E-state index in [1.54, 1.807) is 11.3 Å². The molecule has 6 heteroatoms. The summed E-state index contributed by atoms with van der Waals surface area (Å²) in [7, 11) is 0. The fourth-order valence-electron chi connectivity index (χ4n) is 2.34. The van der Waals surface area contributed by atoms with Gasteiger partial charge in [-0.15, -0.1) is 23.7 Å². The summed E-state index contributed by atoms with van der Waals surface area (Å²) >= 11 is 1.55. The van der Waals surface area contributed by atoms with Gasteiger partial charge in [0.25, 0.3) is 0 Å². The van der Waals surface area contributed by atoms with Gasteiger partial charge in [0.1, 0.15) is 0 Å². The van der Waals surface area contributed by atoms with Gasteiger partial charge in [0.15, 0.2) is 5.13 Å². The van der Waals surface area contributed by atoms with Gasteiger partial charge < -0.3 is 10.6 Å². The Morgan fingerprint density at radius 3 is 2.77 bits per heavy atom. The van der Waals surface area contributed by atoms with Crippen LogP contribution in [-0.2, 0) is 11.2 Å². The van der Waals surface area contributed by atoms with Crippen molar-refractivity contribution in [1.82, 2.24) is 10.3 Å². The lowest BCUT2D eigenvalue weighted by atomic mass is 9.88. The number of benzene rings is 1. The summed E-state index contributed by atoms with van der Waals surface area (Å²) < 4.78 is 0. The first kappa shape index (κ1) is 16.9. The maximum Gasteiger partial charge on any atom is 0.229 e. The Balaban J connectivity index is 0.00000176. The molecule has 1 saturated heterocycles. The summed E-state index contributed by atoms with van der Waals surface area (Å²) in [5.74, 6) is 0.559. The van der Waals surface area contributed by atoms with Crippen molar-refractivity contribution in [2.24, 2.45) is 11.8 Å². The van der Waals surface area contributed by atoms with E-state index in [9.17, 15) is 4.79 Å². The second-order valence-corrected chi connectivity index (χ2v) is 6.61. The minimum Gasteiger partial charge on any atom is -0.316 e. The molecule has 1 atom stereocenters. The normalized spacial score (nSPS) is 15.5. The highest BCUT2D eigenvalue weighted by Crippen LogP contribution is 2.23. The van der Waals surface area contributed by atoms with Crippen molar-refractivity contribution in [3.8, 4) is 0 Å². The number of anilines is 1. The molecular formula is C16H20ClN3OS. The average Bonchev–Trinajstić information content (AvgIpc) is 2.85. The fraction of sp³-hybridized carbons (Fsp3) is 0.375. The minimum absolute atomic E-state index is 0. The van der Waals surface area contributed by atoms with Crippen LogP contribution in [0.15, 0.2) is 36.5 Å². The van der Waals surface area contributed by atoms with Crippen LogP contribution in [0.3, 0.4) is 0 Å². The summed E-state index contributed by atoms with van der Waals surface area (Å²) in [6, 6.07) is 10.3. The van der Waals surface area contributed by atoms with E-state index in [0.717, 1.165) is 24.4 Å². The number of aromatic nitrogens is 1. The average molecular weight is 338 g/mol. The number of hydrogen-bond acceptors (Lipinski definition) is 4. The molecule has 118 valence electrons. The zero-order chi connectivity index (χ0) is 14.7. The van der Waals surface area contributed by atoms with E-state index in [1.807, 2.05) is 31.3 Å². The molecular weight excluding hydrogens is 318 g/mol. The fourth-order valence-corrected chi connectivity index (χ4v) is 3.19. The van der Waals surface area contributed by atoms with Crippen LogP contribution in [0.2, 0.25) is 0 Å². The van der Waals surface area contributed by atoms with Crippen molar-refractivity contribution < 1.29 is 4.79 Å². The molecule has 0 saturated carbocycles. The molecule has 1 unspecified atom stereocenters. The van der Waals surface area contributed by atoms with E-state index in [2.05, 4.69) is 27.8 Å². The van der Waals surface area contributed by atoms with Crippen molar-refractivity contribution in [2.45, 2.75) is 13.3 Å². The van der Waals surface area contributed by atoms with E-state index in [0.29, 0.717) is 11.0 Å². The highest BCUT2D eigenvalue weighted by atomic mass is 35.5. The Bertz CT molecular complexity index is 613. The first-order valence-electron chi connectivity index (χ1n) is 7.22. The summed E-state index contributed by atoms with van der Waals surface area (Å²) in [4.78, 5) is 17.6. The number of rotatable bonds is 5. The molecule has 1 aromatic carbocycles. The molecule has 2 heterocycles. The number of amides is 1. The van der Waals surface area contributed by atoms with Crippen LogP contribution in [0.4, 0.5) is 5.13 Å². The van der Waals surface area contributed by atoms with Crippen molar-refractivity contribution in [3.63, 3.8) is 0 Å².